The highest BCUT2D eigenvalue weighted by molar-refractivity contribution is 6.00. The van der Waals surface area contributed by atoms with Gasteiger partial charge in [0.2, 0.25) is 0 Å². The van der Waals surface area contributed by atoms with E-state index < -0.39 is 12.7 Å². The third-order valence-electron chi connectivity index (χ3n) is 4.65. The number of rotatable bonds is 5. The zero-order chi connectivity index (χ0) is 21.1. The number of fused-ring (bicyclic) bond motifs is 1. The Labute approximate surface area is 168 Å². The van der Waals surface area contributed by atoms with E-state index in [1.807, 2.05) is 0 Å². The molecule has 1 unspecified atom stereocenters. The summed E-state index contributed by atoms with van der Waals surface area (Å²) in [6, 6.07) is 2.91. The first kappa shape index (κ1) is 20.2. The molecule has 2 N–H and O–H groups in total. The minimum atomic E-state index is -4.48. The maximum Gasteiger partial charge on any atom is 0.408 e. The van der Waals surface area contributed by atoms with Crippen LogP contribution >= 0.6 is 0 Å². The van der Waals surface area contributed by atoms with Crippen molar-refractivity contribution in [1.29, 1.82) is 0 Å². The fourth-order valence-corrected chi connectivity index (χ4v) is 3.24. The van der Waals surface area contributed by atoms with Crippen LogP contribution in [0.4, 0.5) is 24.8 Å². The van der Waals surface area contributed by atoms with Crippen molar-refractivity contribution < 1.29 is 22.8 Å². The molecule has 158 valence electrons. The van der Waals surface area contributed by atoms with Gasteiger partial charge in [-0.25, -0.2) is 15.4 Å². The number of alkyl halides is 3. The Morgan fingerprint density at radius 1 is 1.37 bits per heavy atom. The molecule has 0 radical (unpaired) electrons. The van der Waals surface area contributed by atoms with Crippen LogP contribution in [0.25, 0.3) is 10.9 Å². The second kappa shape index (κ2) is 8.32. The van der Waals surface area contributed by atoms with Crippen molar-refractivity contribution in [2.45, 2.75) is 25.6 Å². The molecule has 0 aliphatic carbocycles. The molecule has 0 amide bonds. The van der Waals surface area contributed by atoms with E-state index in [2.05, 4.69) is 30.8 Å². The Morgan fingerprint density at radius 2 is 2.23 bits per heavy atom. The van der Waals surface area contributed by atoms with Gasteiger partial charge in [0.1, 0.15) is 24.4 Å². The van der Waals surface area contributed by atoms with Gasteiger partial charge < -0.3 is 10.2 Å². The third kappa shape index (κ3) is 4.54. The normalized spacial score (nSPS) is 17.6. The summed E-state index contributed by atoms with van der Waals surface area (Å²) in [4.78, 5) is 30.0. The summed E-state index contributed by atoms with van der Waals surface area (Å²) in [7, 11) is 0. The van der Waals surface area contributed by atoms with Gasteiger partial charge in [-0.2, -0.15) is 18.3 Å². The highest BCUT2D eigenvalue weighted by Crippen LogP contribution is 2.29. The molecule has 1 fully saturated rings. The summed E-state index contributed by atoms with van der Waals surface area (Å²) in [5.41, 5.74) is 2.97. The number of nitrogens with zero attached hydrogens (tertiary/aromatic N) is 5. The molecule has 3 aromatic heterocycles. The lowest BCUT2D eigenvalue weighted by atomic mass is 9.96. The van der Waals surface area contributed by atoms with Crippen molar-refractivity contribution >= 4 is 28.3 Å². The van der Waals surface area contributed by atoms with Gasteiger partial charge in [-0.3, -0.25) is 14.5 Å². The van der Waals surface area contributed by atoms with Crippen molar-refractivity contribution in [2.24, 2.45) is 5.92 Å². The van der Waals surface area contributed by atoms with Crippen LogP contribution in [0.2, 0.25) is 0 Å². The lowest BCUT2D eigenvalue weighted by Gasteiger charge is -2.12. The largest absolute Gasteiger partial charge is 0.408 e. The second-order valence-corrected chi connectivity index (χ2v) is 6.83. The van der Waals surface area contributed by atoms with Crippen molar-refractivity contribution in [3.8, 4) is 0 Å². The van der Waals surface area contributed by atoms with E-state index in [1.54, 1.807) is 6.07 Å². The number of pyridine rings is 1. The van der Waals surface area contributed by atoms with Crippen molar-refractivity contribution in [3.05, 3.63) is 36.5 Å². The molecule has 0 spiro atoms. The molecular formula is C18H18F3N7O2. The molecule has 1 aliphatic heterocycles. The van der Waals surface area contributed by atoms with Crippen LogP contribution in [0.5, 0.6) is 0 Å². The number of halogens is 3. The number of hydrogen-bond acceptors (Lipinski definition) is 8. The average Bonchev–Trinajstić information content (AvgIpc) is 2.89. The number of ketones is 1. The summed E-state index contributed by atoms with van der Waals surface area (Å²) >= 11 is 0. The quantitative estimate of drug-likeness (QED) is 0.606. The van der Waals surface area contributed by atoms with E-state index in [0.717, 1.165) is 4.68 Å². The molecule has 1 aliphatic rings. The maximum absolute atomic E-state index is 13.1. The van der Waals surface area contributed by atoms with E-state index in [9.17, 15) is 18.0 Å². The number of anilines is 2. The fraction of sp³-hybridized carbons (Fsp3) is 0.389. The van der Waals surface area contributed by atoms with Crippen LogP contribution in [0, 0.1) is 5.92 Å². The van der Waals surface area contributed by atoms with Crippen LogP contribution in [0.15, 0.2) is 30.9 Å². The van der Waals surface area contributed by atoms with Gasteiger partial charge in [0, 0.05) is 24.9 Å². The van der Waals surface area contributed by atoms with Gasteiger partial charge in [0.25, 0.3) is 0 Å². The van der Waals surface area contributed by atoms with Crippen molar-refractivity contribution in [3.63, 3.8) is 0 Å². The number of carbonyl (C=O) groups is 1. The van der Waals surface area contributed by atoms with Gasteiger partial charge in [-0.1, -0.05) is 0 Å². The molecule has 1 atom stereocenters. The van der Waals surface area contributed by atoms with Crippen molar-refractivity contribution in [2.75, 3.05) is 18.5 Å². The van der Waals surface area contributed by atoms with Crippen LogP contribution in [0.3, 0.4) is 0 Å². The number of hydroxylamine groups is 1. The summed E-state index contributed by atoms with van der Waals surface area (Å²) in [5.74, 6) is -0.0905. The smallest absolute Gasteiger partial charge is 0.323 e. The SMILES string of the molecule is O=C(c1cc2c(cn1)c(Nc1ccncn1)nn2CC(F)(F)F)C1CCCONC1. The fourth-order valence-electron chi connectivity index (χ4n) is 3.24. The number of carbonyl (C=O) groups excluding carboxylic acids is 1. The molecule has 9 nitrogen and oxygen atoms in total. The predicted molar refractivity (Wildman–Crippen MR) is 99.9 cm³/mol. The molecular weight excluding hydrogens is 403 g/mol. The van der Waals surface area contributed by atoms with Crippen LogP contribution in [-0.4, -0.2) is 49.8 Å². The maximum atomic E-state index is 13.1. The minimum Gasteiger partial charge on any atom is -0.323 e. The topological polar surface area (TPSA) is 107 Å². The molecule has 4 heterocycles. The molecule has 30 heavy (non-hydrogen) atoms. The monoisotopic (exact) mass is 421 g/mol. The Bertz CT molecular complexity index is 1030. The molecule has 12 heteroatoms. The molecule has 0 aromatic carbocycles. The summed E-state index contributed by atoms with van der Waals surface area (Å²) in [6.45, 7) is -0.487. The van der Waals surface area contributed by atoms with Crippen LogP contribution in [-0.2, 0) is 11.4 Å². The van der Waals surface area contributed by atoms with Gasteiger partial charge >= 0.3 is 6.18 Å². The van der Waals surface area contributed by atoms with E-state index in [0.29, 0.717) is 37.2 Å². The van der Waals surface area contributed by atoms with E-state index in [4.69, 9.17) is 4.84 Å². The number of nitrogens with one attached hydrogen (secondary N) is 2. The molecule has 1 saturated heterocycles. The zero-order valence-corrected chi connectivity index (χ0v) is 15.7. The standard InChI is InChI=1S/C18H18F3N7O2/c19-18(20,21)9-28-14-6-13(16(29)11-2-1-5-30-25-7-11)23-8-12(14)17(27-28)26-15-3-4-22-10-24-15/h3-4,6,8,10-11,25H,1-2,5,7,9H2,(H,22,24,26,27). The van der Waals surface area contributed by atoms with Gasteiger partial charge in [0.15, 0.2) is 11.6 Å². The first-order chi connectivity index (χ1) is 14.4. The summed E-state index contributed by atoms with van der Waals surface area (Å²) < 4.78 is 40.1. The average molecular weight is 421 g/mol. The Hall–Kier alpha value is -3.12. The highest BCUT2D eigenvalue weighted by Gasteiger charge is 2.31. The second-order valence-electron chi connectivity index (χ2n) is 6.83. The summed E-state index contributed by atoms with van der Waals surface area (Å²) in [6.07, 6.45) is 0.965. The molecule has 0 bridgehead atoms. The van der Waals surface area contributed by atoms with Crippen LogP contribution in [0.1, 0.15) is 23.3 Å². The van der Waals surface area contributed by atoms with Gasteiger partial charge in [-0.05, 0) is 25.0 Å². The Kier molecular flexibility index (Phi) is 5.59. The number of hydrogen-bond donors (Lipinski definition) is 2. The lowest BCUT2D eigenvalue weighted by Crippen LogP contribution is -2.26. The van der Waals surface area contributed by atoms with E-state index in [1.165, 1.54) is 24.8 Å². The highest BCUT2D eigenvalue weighted by atomic mass is 19.4. The van der Waals surface area contributed by atoms with Gasteiger partial charge in [-0.15, -0.1) is 0 Å². The minimum absolute atomic E-state index is 0.0908. The first-order valence-electron chi connectivity index (χ1n) is 9.26. The predicted octanol–water partition coefficient (Wildman–Crippen LogP) is 2.64. The van der Waals surface area contributed by atoms with Gasteiger partial charge in [0.05, 0.1) is 17.5 Å². The zero-order valence-electron chi connectivity index (χ0n) is 15.7. The number of aromatic nitrogens is 5. The molecule has 4 rings (SSSR count). The Morgan fingerprint density at radius 3 is 3.00 bits per heavy atom. The third-order valence-corrected chi connectivity index (χ3v) is 4.65. The Balaban J connectivity index is 1.71. The lowest BCUT2D eigenvalue weighted by molar-refractivity contribution is -0.141. The van der Waals surface area contributed by atoms with Crippen molar-refractivity contribution in [1.82, 2.24) is 30.2 Å². The number of Topliss-reactive ketones (excluding diaryl/α,β-unsaturated/α-hetero) is 1. The summed E-state index contributed by atoms with van der Waals surface area (Å²) in [5, 5.41) is 7.26. The van der Waals surface area contributed by atoms with E-state index >= 15 is 0 Å². The first-order valence-corrected chi connectivity index (χ1v) is 9.26. The molecule has 3 aromatic rings. The molecule has 0 saturated carbocycles. The van der Waals surface area contributed by atoms with Crippen LogP contribution < -0.4 is 10.8 Å². The van der Waals surface area contributed by atoms with E-state index in [-0.39, 0.29) is 28.7 Å².